The lowest BCUT2D eigenvalue weighted by Gasteiger charge is -2.03. The highest BCUT2D eigenvalue weighted by molar-refractivity contribution is 5.66. The van der Waals surface area contributed by atoms with Gasteiger partial charge in [0.25, 0.3) is 0 Å². The lowest BCUT2D eigenvalue weighted by molar-refractivity contribution is -0.137. The number of carboxylic acid groups (broad SMARTS) is 1. The van der Waals surface area contributed by atoms with Gasteiger partial charge in [0.1, 0.15) is 0 Å². The van der Waals surface area contributed by atoms with Gasteiger partial charge in [0.05, 0.1) is 0 Å². The van der Waals surface area contributed by atoms with Crippen molar-refractivity contribution in [3.63, 3.8) is 0 Å². The van der Waals surface area contributed by atoms with Crippen molar-refractivity contribution >= 4 is 5.97 Å². The van der Waals surface area contributed by atoms with Gasteiger partial charge in [-0.05, 0) is 12.8 Å². The van der Waals surface area contributed by atoms with Crippen LogP contribution in [0.15, 0.2) is 0 Å². The van der Waals surface area contributed by atoms with Crippen LogP contribution in [0.4, 0.5) is 0 Å². The van der Waals surface area contributed by atoms with Gasteiger partial charge in [-0.25, -0.2) is 0 Å². The first kappa shape index (κ1) is 28.6. The van der Waals surface area contributed by atoms with E-state index in [-0.39, 0.29) is 0 Å². The van der Waals surface area contributed by atoms with Crippen molar-refractivity contribution in [2.24, 2.45) is 0 Å². The van der Waals surface area contributed by atoms with Crippen molar-refractivity contribution in [2.45, 2.75) is 136 Å². The Hall–Kier alpha value is -0.570. The Bertz CT molecular complexity index is 262. The minimum Gasteiger partial charge on any atom is -0.481 e. The zero-order valence-electron chi connectivity index (χ0n) is 18.9. The molecule has 164 valence electrons. The molecule has 0 atom stereocenters. The molecule has 0 rings (SSSR count). The monoisotopic (exact) mass is 386 g/mol. The Morgan fingerprint density at radius 3 is 1.26 bits per heavy atom. The van der Waals surface area contributed by atoms with Crippen molar-refractivity contribution in [1.82, 2.24) is 0 Å². The largest absolute Gasteiger partial charge is 0.481 e. The molecular formula is C24H50O3. The molecule has 0 saturated carbocycles. The number of unbranched alkanes of at least 4 members (excludes halogenated alkanes) is 16. The lowest BCUT2D eigenvalue weighted by Crippen LogP contribution is -1.93. The SMILES string of the molecule is CCCCCCCCCCCCCCCCCC(=O)O.CCCCCOC. The first-order chi connectivity index (χ1) is 13.2. The zero-order valence-corrected chi connectivity index (χ0v) is 18.9. The third-order valence-electron chi connectivity index (χ3n) is 4.95. The third kappa shape index (κ3) is 33.4. The summed E-state index contributed by atoms with van der Waals surface area (Å²) in [5, 5.41) is 8.52. The normalized spacial score (nSPS) is 10.5. The van der Waals surface area contributed by atoms with E-state index in [9.17, 15) is 4.79 Å². The Balaban J connectivity index is 0. The quantitative estimate of drug-likeness (QED) is 0.215. The molecule has 0 heterocycles. The molecule has 0 aliphatic heterocycles. The van der Waals surface area contributed by atoms with Crippen molar-refractivity contribution in [3.05, 3.63) is 0 Å². The van der Waals surface area contributed by atoms with Crippen LogP contribution in [0.1, 0.15) is 136 Å². The van der Waals surface area contributed by atoms with Gasteiger partial charge in [0.2, 0.25) is 0 Å². The highest BCUT2D eigenvalue weighted by Gasteiger charge is 1.97. The van der Waals surface area contributed by atoms with Crippen LogP contribution in [-0.2, 0) is 9.53 Å². The van der Waals surface area contributed by atoms with Crippen LogP contribution in [0.25, 0.3) is 0 Å². The summed E-state index contributed by atoms with van der Waals surface area (Å²) >= 11 is 0. The second-order valence-electron chi connectivity index (χ2n) is 7.79. The Kier molecular flexibility index (Phi) is 29.3. The first-order valence-corrected chi connectivity index (χ1v) is 11.9. The molecule has 0 unspecified atom stereocenters. The average molecular weight is 387 g/mol. The molecule has 0 saturated heterocycles. The predicted octanol–water partition coefficient (Wildman–Crippen LogP) is 8.16. The molecular weight excluding hydrogens is 336 g/mol. The van der Waals surface area contributed by atoms with Gasteiger partial charge in [-0.15, -0.1) is 0 Å². The summed E-state index contributed by atoms with van der Waals surface area (Å²) in [6.45, 7) is 5.38. The lowest BCUT2D eigenvalue weighted by atomic mass is 10.0. The van der Waals surface area contributed by atoms with Gasteiger partial charge in [-0.2, -0.15) is 0 Å². The highest BCUT2D eigenvalue weighted by atomic mass is 16.5. The summed E-state index contributed by atoms with van der Waals surface area (Å²) in [7, 11) is 1.75. The van der Waals surface area contributed by atoms with E-state index in [0.717, 1.165) is 19.4 Å². The van der Waals surface area contributed by atoms with Gasteiger partial charge in [0, 0.05) is 20.1 Å². The van der Waals surface area contributed by atoms with Crippen LogP contribution in [0.3, 0.4) is 0 Å². The molecule has 3 heteroatoms. The molecule has 0 aromatic heterocycles. The van der Waals surface area contributed by atoms with E-state index in [4.69, 9.17) is 9.84 Å². The number of methoxy groups -OCH3 is 1. The zero-order chi connectivity index (χ0) is 20.4. The second kappa shape index (κ2) is 27.6. The molecule has 0 fully saturated rings. The summed E-state index contributed by atoms with van der Waals surface area (Å²) in [5.74, 6) is -0.653. The summed E-state index contributed by atoms with van der Waals surface area (Å²) in [6, 6.07) is 0. The van der Waals surface area contributed by atoms with E-state index in [1.807, 2.05) is 0 Å². The predicted molar refractivity (Wildman–Crippen MR) is 119 cm³/mol. The van der Waals surface area contributed by atoms with Crippen molar-refractivity contribution in [1.29, 1.82) is 0 Å². The van der Waals surface area contributed by atoms with Crippen LogP contribution >= 0.6 is 0 Å². The molecule has 3 nitrogen and oxygen atoms in total. The van der Waals surface area contributed by atoms with E-state index >= 15 is 0 Å². The van der Waals surface area contributed by atoms with Crippen LogP contribution in [0.2, 0.25) is 0 Å². The maximum Gasteiger partial charge on any atom is 0.303 e. The third-order valence-corrected chi connectivity index (χ3v) is 4.95. The molecule has 0 aromatic carbocycles. The molecule has 0 spiro atoms. The molecule has 0 amide bonds. The number of hydrogen-bond donors (Lipinski definition) is 1. The van der Waals surface area contributed by atoms with E-state index < -0.39 is 5.97 Å². The van der Waals surface area contributed by atoms with Gasteiger partial charge >= 0.3 is 5.97 Å². The smallest absolute Gasteiger partial charge is 0.303 e. The molecule has 27 heavy (non-hydrogen) atoms. The average Bonchev–Trinajstić information content (AvgIpc) is 2.65. The number of rotatable bonds is 20. The van der Waals surface area contributed by atoms with E-state index in [1.54, 1.807) is 7.11 Å². The minimum absolute atomic E-state index is 0.345. The number of carboxylic acids is 1. The summed E-state index contributed by atoms with van der Waals surface area (Å²) in [6.07, 6.45) is 24.0. The summed E-state index contributed by atoms with van der Waals surface area (Å²) in [4.78, 5) is 10.3. The number of carbonyl (C=O) groups is 1. The maximum atomic E-state index is 10.3. The number of hydrogen-bond acceptors (Lipinski definition) is 2. The van der Waals surface area contributed by atoms with Crippen LogP contribution in [0, 0.1) is 0 Å². The van der Waals surface area contributed by atoms with Gasteiger partial charge in [-0.1, -0.05) is 117 Å². The summed E-state index contributed by atoms with van der Waals surface area (Å²) < 4.78 is 4.84. The first-order valence-electron chi connectivity index (χ1n) is 11.9. The van der Waals surface area contributed by atoms with Crippen LogP contribution in [0.5, 0.6) is 0 Å². The molecule has 0 radical (unpaired) electrons. The second-order valence-corrected chi connectivity index (χ2v) is 7.79. The molecule has 1 N–H and O–H groups in total. The van der Waals surface area contributed by atoms with Crippen molar-refractivity contribution in [2.75, 3.05) is 13.7 Å². The molecule has 0 aliphatic rings. The Morgan fingerprint density at radius 1 is 0.593 bits per heavy atom. The Morgan fingerprint density at radius 2 is 0.926 bits per heavy atom. The number of ether oxygens (including phenoxy) is 1. The Labute approximate surface area is 170 Å². The highest BCUT2D eigenvalue weighted by Crippen LogP contribution is 2.13. The fourth-order valence-electron chi connectivity index (χ4n) is 3.14. The van der Waals surface area contributed by atoms with Crippen molar-refractivity contribution in [3.8, 4) is 0 Å². The summed E-state index contributed by atoms with van der Waals surface area (Å²) in [5.41, 5.74) is 0. The van der Waals surface area contributed by atoms with E-state index in [1.165, 1.54) is 103 Å². The fourth-order valence-corrected chi connectivity index (χ4v) is 3.14. The fraction of sp³-hybridized carbons (Fsp3) is 0.958. The molecule has 0 aliphatic carbocycles. The van der Waals surface area contributed by atoms with Crippen LogP contribution < -0.4 is 0 Å². The van der Waals surface area contributed by atoms with Gasteiger partial charge in [0.15, 0.2) is 0 Å². The topological polar surface area (TPSA) is 46.5 Å². The van der Waals surface area contributed by atoms with E-state index in [0.29, 0.717) is 6.42 Å². The molecule has 0 bridgehead atoms. The van der Waals surface area contributed by atoms with Crippen molar-refractivity contribution < 1.29 is 14.6 Å². The molecule has 0 aromatic rings. The van der Waals surface area contributed by atoms with E-state index in [2.05, 4.69) is 13.8 Å². The maximum absolute atomic E-state index is 10.3. The number of aliphatic carboxylic acids is 1. The standard InChI is InChI=1S/C18H36O2.C6H14O/c1-2-3-4-5-6-7-8-9-10-11-12-13-14-15-16-17-18(19)20;1-3-4-5-6-7-2/h2-17H2,1H3,(H,19,20);3-6H2,1-2H3. The minimum atomic E-state index is -0.653. The van der Waals surface area contributed by atoms with Crippen LogP contribution in [-0.4, -0.2) is 24.8 Å². The van der Waals surface area contributed by atoms with Gasteiger partial charge < -0.3 is 9.84 Å². The van der Waals surface area contributed by atoms with Gasteiger partial charge in [-0.3, -0.25) is 4.79 Å².